The Bertz CT molecular complexity index is 258. The minimum Gasteiger partial charge on any atom is -0.469 e. The van der Waals surface area contributed by atoms with Crippen LogP contribution in [0.1, 0.15) is 0 Å². The first-order valence-electron chi connectivity index (χ1n) is 4.01. The number of nitrogens with zero attached hydrogens (tertiary/aromatic N) is 2. The summed E-state index contributed by atoms with van der Waals surface area (Å²) in [6.45, 7) is 0.800. The van der Waals surface area contributed by atoms with E-state index >= 15 is 0 Å². The number of ether oxygens (including phenoxy) is 1. The van der Waals surface area contributed by atoms with Gasteiger partial charge in [-0.1, -0.05) is 0 Å². The van der Waals surface area contributed by atoms with Crippen molar-refractivity contribution in [2.24, 2.45) is 11.7 Å². The largest absolute Gasteiger partial charge is 0.469 e. The van der Waals surface area contributed by atoms with Gasteiger partial charge in [-0.05, 0) is 0 Å². The van der Waals surface area contributed by atoms with Gasteiger partial charge in [-0.15, -0.1) is 0 Å². The number of imidazole rings is 1. The van der Waals surface area contributed by atoms with Gasteiger partial charge >= 0.3 is 5.97 Å². The van der Waals surface area contributed by atoms with Gasteiger partial charge in [0.05, 0.1) is 19.4 Å². The molecule has 0 bridgehead atoms. The van der Waals surface area contributed by atoms with Crippen LogP contribution in [0.2, 0.25) is 0 Å². The van der Waals surface area contributed by atoms with E-state index in [4.69, 9.17) is 5.73 Å². The van der Waals surface area contributed by atoms with E-state index in [0.717, 1.165) is 0 Å². The van der Waals surface area contributed by atoms with Crippen molar-refractivity contribution in [3.8, 4) is 0 Å². The van der Waals surface area contributed by atoms with Crippen molar-refractivity contribution in [2.75, 3.05) is 13.7 Å². The van der Waals surface area contributed by atoms with E-state index in [2.05, 4.69) is 9.72 Å². The van der Waals surface area contributed by atoms with Gasteiger partial charge in [-0.25, -0.2) is 4.98 Å². The number of rotatable bonds is 4. The average molecular weight is 183 g/mol. The van der Waals surface area contributed by atoms with E-state index in [1.54, 1.807) is 23.3 Å². The van der Waals surface area contributed by atoms with Crippen LogP contribution in [0, 0.1) is 5.92 Å². The Hall–Kier alpha value is -1.36. The zero-order chi connectivity index (χ0) is 9.68. The molecule has 1 unspecified atom stereocenters. The third-order valence-electron chi connectivity index (χ3n) is 1.81. The van der Waals surface area contributed by atoms with Crippen LogP contribution in [0.4, 0.5) is 0 Å². The molecule has 13 heavy (non-hydrogen) atoms. The quantitative estimate of drug-likeness (QED) is 0.646. The number of methoxy groups -OCH3 is 1. The van der Waals surface area contributed by atoms with Gasteiger partial charge in [-0.2, -0.15) is 0 Å². The molecule has 0 fully saturated rings. The molecule has 72 valence electrons. The number of aromatic nitrogens is 2. The lowest BCUT2D eigenvalue weighted by Gasteiger charge is -2.12. The highest BCUT2D eigenvalue weighted by molar-refractivity contribution is 5.72. The molecule has 1 heterocycles. The van der Waals surface area contributed by atoms with Crippen LogP contribution in [0.5, 0.6) is 0 Å². The van der Waals surface area contributed by atoms with E-state index in [-0.39, 0.29) is 18.4 Å². The Balaban J connectivity index is 2.54. The molecule has 1 aromatic rings. The van der Waals surface area contributed by atoms with Crippen LogP contribution in [0.15, 0.2) is 18.7 Å². The molecule has 0 saturated heterocycles. The highest BCUT2D eigenvalue weighted by Crippen LogP contribution is 2.01. The topological polar surface area (TPSA) is 70.1 Å². The summed E-state index contributed by atoms with van der Waals surface area (Å²) >= 11 is 0. The van der Waals surface area contributed by atoms with Crippen molar-refractivity contribution in [1.29, 1.82) is 0 Å². The summed E-state index contributed by atoms with van der Waals surface area (Å²) in [6.07, 6.45) is 5.09. The number of hydrogen-bond acceptors (Lipinski definition) is 4. The number of nitrogens with two attached hydrogens (primary N) is 1. The Morgan fingerprint density at radius 3 is 3.00 bits per heavy atom. The van der Waals surface area contributed by atoms with Crippen molar-refractivity contribution in [2.45, 2.75) is 6.54 Å². The van der Waals surface area contributed by atoms with E-state index in [1.807, 2.05) is 0 Å². The van der Waals surface area contributed by atoms with Crippen molar-refractivity contribution < 1.29 is 9.53 Å². The highest BCUT2D eigenvalue weighted by atomic mass is 16.5. The third kappa shape index (κ3) is 2.55. The Morgan fingerprint density at radius 1 is 1.77 bits per heavy atom. The summed E-state index contributed by atoms with van der Waals surface area (Å²) in [5.41, 5.74) is 5.43. The molecular weight excluding hydrogens is 170 g/mol. The summed E-state index contributed by atoms with van der Waals surface area (Å²) in [5.74, 6) is -0.574. The van der Waals surface area contributed by atoms with Crippen LogP contribution >= 0.6 is 0 Å². The minimum absolute atomic E-state index is 0.281. The number of esters is 1. The summed E-state index contributed by atoms with van der Waals surface area (Å²) < 4.78 is 6.40. The smallest absolute Gasteiger partial charge is 0.311 e. The van der Waals surface area contributed by atoms with Crippen molar-refractivity contribution in [3.05, 3.63) is 18.7 Å². The van der Waals surface area contributed by atoms with Gasteiger partial charge in [0.15, 0.2) is 0 Å². The minimum atomic E-state index is -0.292. The van der Waals surface area contributed by atoms with Crippen LogP contribution in [-0.2, 0) is 16.1 Å². The second kappa shape index (κ2) is 4.61. The number of carbonyl (C=O) groups is 1. The highest BCUT2D eigenvalue weighted by Gasteiger charge is 2.17. The molecular formula is C8H13N3O2. The zero-order valence-electron chi connectivity index (χ0n) is 7.51. The molecule has 5 nitrogen and oxygen atoms in total. The predicted molar refractivity (Wildman–Crippen MR) is 46.8 cm³/mol. The van der Waals surface area contributed by atoms with Gasteiger partial charge in [0.25, 0.3) is 0 Å². The van der Waals surface area contributed by atoms with Gasteiger partial charge in [0.2, 0.25) is 0 Å². The first-order valence-corrected chi connectivity index (χ1v) is 4.01. The SMILES string of the molecule is COC(=O)C(CN)Cn1ccnc1. The van der Waals surface area contributed by atoms with Crippen molar-refractivity contribution in [3.63, 3.8) is 0 Å². The maximum Gasteiger partial charge on any atom is 0.311 e. The predicted octanol–water partition coefficient (Wildman–Crippen LogP) is -0.369. The summed E-state index contributed by atoms with van der Waals surface area (Å²) in [4.78, 5) is 15.0. The van der Waals surface area contributed by atoms with Gasteiger partial charge in [-0.3, -0.25) is 4.79 Å². The van der Waals surface area contributed by atoms with Crippen LogP contribution in [0.3, 0.4) is 0 Å². The normalized spacial score (nSPS) is 12.5. The molecule has 0 radical (unpaired) electrons. The van der Waals surface area contributed by atoms with Crippen LogP contribution in [0.25, 0.3) is 0 Å². The monoisotopic (exact) mass is 183 g/mol. The Kier molecular flexibility index (Phi) is 3.45. The molecule has 0 amide bonds. The molecule has 1 atom stereocenters. The maximum absolute atomic E-state index is 11.1. The van der Waals surface area contributed by atoms with E-state index < -0.39 is 0 Å². The van der Waals surface area contributed by atoms with Gasteiger partial charge < -0.3 is 15.0 Å². The fourth-order valence-electron chi connectivity index (χ4n) is 1.06. The molecule has 0 aliphatic rings. The first kappa shape index (κ1) is 9.73. The Morgan fingerprint density at radius 2 is 2.54 bits per heavy atom. The molecule has 1 rings (SSSR count). The van der Waals surface area contributed by atoms with Crippen molar-refractivity contribution >= 4 is 5.97 Å². The molecule has 2 N–H and O–H groups in total. The van der Waals surface area contributed by atoms with Gasteiger partial charge in [0.1, 0.15) is 0 Å². The fourth-order valence-corrected chi connectivity index (χ4v) is 1.06. The first-order chi connectivity index (χ1) is 6.27. The summed E-state index contributed by atoms with van der Waals surface area (Å²) in [6, 6.07) is 0. The molecule has 5 heteroatoms. The summed E-state index contributed by atoms with van der Waals surface area (Å²) in [5, 5.41) is 0. The van der Waals surface area contributed by atoms with E-state index in [9.17, 15) is 4.79 Å². The lowest BCUT2D eigenvalue weighted by molar-refractivity contribution is -0.145. The second-order valence-corrected chi connectivity index (χ2v) is 2.72. The number of carbonyl (C=O) groups excluding carboxylic acids is 1. The van der Waals surface area contributed by atoms with E-state index in [1.165, 1.54) is 7.11 Å². The standard InChI is InChI=1S/C8H13N3O2/c1-13-8(12)7(4-9)5-11-3-2-10-6-11/h2-3,6-7H,4-5,9H2,1H3. The van der Waals surface area contributed by atoms with Crippen molar-refractivity contribution in [1.82, 2.24) is 9.55 Å². The lowest BCUT2D eigenvalue weighted by Crippen LogP contribution is -2.28. The molecule has 0 aliphatic heterocycles. The molecule has 0 aliphatic carbocycles. The molecule has 0 aromatic carbocycles. The van der Waals surface area contributed by atoms with Crippen LogP contribution in [-0.4, -0.2) is 29.2 Å². The van der Waals surface area contributed by atoms with E-state index in [0.29, 0.717) is 6.54 Å². The average Bonchev–Trinajstić information content (AvgIpc) is 2.65. The Labute approximate surface area is 76.5 Å². The lowest BCUT2D eigenvalue weighted by atomic mass is 10.1. The maximum atomic E-state index is 11.1. The molecule has 1 aromatic heterocycles. The summed E-state index contributed by atoms with van der Waals surface area (Å²) in [7, 11) is 1.36. The fraction of sp³-hybridized carbons (Fsp3) is 0.500. The third-order valence-corrected chi connectivity index (χ3v) is 1.81. The second-order valence-electron chi connectivity index (χ2n) is 2.72. The molecule has 0 spiro atoms. The number of hydrogen-bond donors (Lipinski definition) is 1. The zero-order valence-corrected chi connectivity index (χ0v) is 7.51. The molecule has 0 saturated carbocycles. The van der Waals surface area contributed by atoms with Gasteiger partial charge in [0, 0.05) is 25.5 Å². The van der Waals surface area contributed by atoms with Crippen LogP contribution < -0.4 is 5.73 Å².